The molecule has 0 bridgehead atoms. The van der Waals surface area contributed by atoms with Crippen LogP contribution in [0.15, 0.2) is 53.6 Å². The molecule has 0 saturated carbocycles. The number of morpholine rings is 1. The van der Waals surface area contributed by atoms with Gasteiger partial charge in [-0.3, -0.25) is 14.5 Å². The summed E-state index contributed by atoms with van der Waals surface area (Å²) >= 11 is 6.49. The van der Waals surface area contributed by atoms with E-state index in [9.17, 15) is 14.0 Å². The first-order valence-electron chi connectivity index (χ1n) is 11.9. The van der Waals surface area contributed by atoms with Gasteiger partial charge in [-0.15, -0.1) is 0 Å². The van der Waals surface area contributed by atoms with E-state index in [1.54, 1.807) is 18.2 Å². The largest absolute Gasteiger partial charge is 0.379 e. The topological polar surface area (TPSA) is 74.7 Å². The lowest BCUT2D eigenvalue weighted by Gasteiger charge is -2.31. The molecule has 0 aliphatic carbocycles. The van der Waals surface area contributed by atoms with Crippen molar-refractivity contribution in [3.63, 3.8) is 0 Å². The Bertz CT molecular complexity index is 1090. The number of methoxy groups -OCH3 is 1. The third-order valence-electron chi connectivity index (χ3n) is 6.34. The van der Waals surface area contributed by atoms with Crippen LogP contribution in [0.25, 0.3) is 0 Å². The van der Waals surface area contributed by atoms with Gasteiger partial charge in [0.2, 0.25) is 5.91 Å². The van der Waals surface area contributed by atoms with Crippen LogP contribution in [0.1, 0.15) is 23.6 Å². The van der Waals surface area contributed by atoms with Gasteiger partial charge in [-0.2, -0.15) is 5.10 Å². The maximum absolute atomic E-state index is 13.6. The van der Waals surface area contributed by atoms with E-state index in [4.69, 9.17) is 21.1 Å². The van der Waals surface area contributed by atoms with E-state index in [0.717, 1.165) is 24.2 Å². The van der Waals surface area contributed by atoms with Gasteiger partial charge in [0.25, 0.3) is 5.91 Å². The molecule has 192 valence electrons. The number of ether oxygens (including phenoxy) is 2. The Hall–Kier alpha value is -2.85. The molecule has 2 amide bonds. The number of carbonyl (C=O) groups excluding carboxylic acids is 2. The number of benzene rings is 2. The third kappa shape index (κ3) is 6.47. The fourth-order valence-corrected chi connectivity index (χ4v) is 4.64. The molecule has 0 radical (unpaired) electrons. The fraction of sp³-hybridized carbons (Fsp3) is 0.423. The molecule has 2 heterocycles. The van der Waals surface area contributed by atoms with Crippen LogP contribution in [0.4, 0.5) is 4.39 Å². The van der Waals surface area contributed by atoms with Crippen molar-refractivity contribution in [1.82, 2.24) is 14.8 Å². The van der Waals surface area contributed by atoms with Gasteiger partial charge < -0.3 is 14.4 Å². The van der Waals surface area contributed by atoms with E-state index in [2.05, 4.69) is 10.0 Å². The van der Waals surface area contributed by atoms with Crippen molar-refractivity contribution in [2.45, 2.75) is 12.5 Å². The quantitative estimate of drug-likeness (QED) is 0.512. The van der Waals surface area contributed by atoms with Crippen LogP contribution in [-0.4, -0.2) is 92.0 Å². The van der Waals surface area contributed by atoms with Crippen molar-refractivity contribution in [1.29, 1.82) is 0 Å². The molecule has 2 aromatic carbocycles. The van der Waals surface area contributed by atoms with Crippen LogP contribution >= 0.6 is 11.6 Å². The molecular formula is C26H30ClFN4O4. The molecule has 2 aliphatic rings. The minimum absolute atomic E-state index is 0.117. The average Bonchev–Trinajstić information content (AvgIpc) is 3.33. The molecule has 2 aliphatic heterocycles. The monoisotopic (exact) mass is 516 g/mol. The van der Waals surface area contributed by atoms with Crippen LogP contribution in [-0.2, 0) is 19.1 Å². The first-order valence-corrected chi connectivity index (χ1v) is 12.3. The molecule has 36 heavy (non-hydrogen) atoms. The number of hydrazone groups is 1. The van der Waals surface area contributed by atoms with Gasteiger partial charge in [-0.1, -0.05) is 41.9 Å². The van der Waals surface area contributed by atoms with Gasteiger partial charge in [0, 0.05) is 44.7 Å². The Morgan fingerprint density at radius 2 is 1.89 bits per heavy atom. The summed E-state index contributed by atoms with van der Waals surface area (Å²) in [6.45, 7) is 3.62. The zero-order valence-electron chi connectivity index (χ0n) is 20.2. The average molecular weight is 517 g/mol. The maximum Gasteiger partial charge on any atom is 0.262 e. The highest BCUT2D eigenvalue weighted by Crippen LogP contribution is 2.36. The lowest BCUT2D eigenvalue weighted by molar-refractivity contribution is -0.143. The van der Waals surface area contributed by atoms with Crippen molar-refractivity contribution in [2.24, 2.45) is 5.10 Å². The molecule has 8 nitrogen and oxygen atoms in total. The predicted octanol–water partition coefficient (Wildman–Crippen LogP) is 2.96. The highest BCUT2D eigenvalue weighted by Gasteiger charge is 2.35. The maximum atomic E-state index is 13.6. The Labute approximate surface area is 215 Å². The summed E-state index contributed by atoms with van der Waals surface area (Å²) in [5.41, 5.74) is 2.14. The molecule has 0 spiro atoms. The molecular weight excluding hydrogens is 487 g/mol. The highest BCUT2D eigenvalue weighted by atomic mass is 35.5. The van der Waals surface area contributed by atoms with E-state index >= 15 is 0 Å². The smallest absolute Gasteiger partial charge is 0.262 e. The summed E-state index contributed by atoms with van der Waals surface area (Å²) in [4.78, 5) is 30.1. The van der Waals surface area contributed by atoms with Crippen molar-refractivity contribution < 1.29 is 23.5 Å². The normalized spacial score (nSPS) is 18.2. The SMILES string of the molecule is COCC(=O)N(CCN1CCOCC1)CC(=O)N1N=C(c2ccc(F)cc2)C[C@H]1c1ccccc1Cl. The second-order valence-corrected chi connectivity index (χ2v) is 9.14. The summed E-state index contributed by atoms with van der Waals surface area (Å²) in [6, 6.07) is 12.9. The Morgan fingerprint density at radius 1 is 1.17 bits per heavy atom. The van der Waals surface area contributed by atoms with E-state index < -0.39 is 6.04 Å². The zero-order chi connectivity index (χ0) is 25.5. The fourth-order valence-electron chi connectivity index (χ4n) is 4.37. The molecule has 0 N–H and O–H groups in total. The van der Waals surface area contributed by atoms with E-state index in [1.807, 2.05) is 18.2 Å². The Balaban J connectivity index is 1.56. The molecule has 1 fully saturated rings. The van der Waals surface area contributed by atoms with E-state index in [-0.39, 0.29) is 30.8 Å². The summed E-state index contributed by atoms with van der Waals surface area (Å²) in [5.74, 6) is -0.945. The molecule has 10 heteroatoms. The van der Waals surface area contributed by atoms with Gasteiger partial charge in [0.1, 0.15) is 19.0 Å². The van der Waals surface area contributed by atoms with Crippen molar-refractivity contribution in [3.8, 4) is 0 Å². The minimum atomic E-state index is -0.440. The first-order chi connectivity index (χ1) is 17.5. The lowest BCUT2D eigenvalue weighted by atomic mass is 9.98. The van der Waals surface area contributed by atoms with Crippen LogP contribution in [0.5, 0.6) is 0 Å². The van der Waals surface area contributed by atoms with Gasteiger partial charge in [0.05, 0.1) is 25.0 Å². The number of rotatable bonds is 9. The van der Waals surface area contributed by atoms with Gasteiger partial charge in [-0.25, -0.2) is 9.40 Å². The van der Waals surface area contributed by atoms with Crippen LogP contribution in [0.3, 0.4) is 0 Å². The first kappa shape index (κ1) is 26.2. The van der Waals surface area contributed by atoms with Gasteiger partial charge in [-0.05, 0) is 29.3 Å². The second kappa shape index (κ2) is 12.4. The highest BCUT2D eigenvalue weighted by molar-refractivity contribution is 6.31. The predicted molar refractivity (Wildman–Crippen MR) is 134 cm³/mol. The third-order valence-corrected chi connectivity index (χ3v) is 6.69. The number of hydrogen-bond acceptors (Lipinski definition) is 6. The zero-order valence-corrected chi connectivity index (χ0v) is 21.0. The molecule has 2 aromatic rings. The number of hydrogen-bond donors (Lipinski definition) is 0. The standard InChI is InChI=1S/C26H30ClFN4O4/c1-35-18-26(34)31(11-10-30-12-14-36-15-13-30)17-25(33)32-24(21-4-2-3-5-22(21)27)16-23(29-32)19-6-8-20(28)9-7-19/h2-9,24H,10-18H2,1H3/t24-/m0/s1. The van der Waals surface area contributed by atoms with Crippen LogP contribution < -0.4 is 0 Å². The van der Waals surface area contributed by atoms with Crippen molar-refractivity contribution in [2.75, 3.05) is 59.7 Å². The number of nitrogens with zero attached hydrogens (tertiary/aromatic N) is 4. The van der Waals surface area contributed by atoms with Gasteiger partial charge in [0.15, 0.2) is 0 Å². The lowest BCUT2D eigenvalue weighted by Crippen LogP contribution is -2.47. The summed E-state index contributed by atoms with van der Waals surface area (Å²) < 4.78 is 23.9. The van der Waals surface area contributed by atoms with Crippen molar-refractivity contribution >= 4 is 29.1 Å². The molecule has 1 atom stereocenters. The Kier molecular flexibility index (Phi) is 9.03. The molecule has 4 rings (SSSR count). The molecule has 1 saturated heterocycles. The summed E-state index contributed by atoms with van der Waals surface area (Å²) in [5, 5.41) is 6.55. The van der Waals surface area contributed by atoms with E-state index in [0.29, 0.717) is 43.5 Å². The van der Waals surface area contributed by atoms with Crippen LogP contribution in [0.2, 0.25) is 5.02 Å². The number of carbonyl (C=O) groups is 2. The van der Waals surface area contributed by atoms with Gasteiger partial charge >= 0.3 is 0 Å². The number of amides is 2. The van der Waals surface area contributed by atoms with E-state index in [1.165, 1.54) is 29.2 Å². The Morgan fingerprint density at radius 3 is 2.58 bits per heavy atom. The minimum Gasteiger partial charge on any atom is -0.379 e. The second-order valence-electron chi connectivity index (χ2n) is 8.74. The van der Waals surface area contributed by atoms with Crippen molar-refractivity contribution in [3.05, 3.63) is 70.5 Å². The summed E-state index contributed by atoms with van der Waals surface area (Å²) in [6.07, 6.45) is 0.418. The summed E-state index contributed by atoms with van der Waals surface area (Å²) in [7, 11) is 1.45. The molecule has 0 aromatic heterocycles. The van der Waals surface area contributed by atoms with Crippen LogP contribution in [0, 0.1) is 5.82 Å². The molecule has 0 unspecified atom stereocenters. The number of halogens is 2.